The van der Waals surface area contributed by atoms with Gasteiger partial charge in [0.1, 0.15) is 17.4 Å². The molecule has 1 aromatic carbocycles. The first-order valence-electron chi connectivity index (χ1n) is 9.91. The average molecular weight is 438 g/mol. The van der Waals surface area contributed by atoms with Crippen LogP contribution in [0.4, 0.5) is 9.59 Å². The molecular weight excluding hydrogens is 408 g/mol. The first-order chi connectivity index (χ1) is 14.5. The fourth-order valence-electron chi connectivity index (χ4n) is 2.60. The van der Waals surface area contributed by atoms with Crippen LogP contribution in [0.2, 0.25) is 0 Å². The second-order valence-corrected chi connectivity index (χ2v) is 7.84. The highest BCUT2D eigenvalue weighted by atomic mass is 16.6. The standard InChI is InChI=1S/C21H30N2O8/c1-21(2,3)31-19(27)22-11-5-4-6-12-30-16-9-7-15(8-10-16)13-17(18(25)26)23(14-24)20(28)29/h7-10,14,17H,4-6,11-13H2,1-3H3,(H,22,27)(H,25,26)(H,28,29)/t17-/m1/s1. The number of amides is 3. The van der Waals surface area contributed by atoms with Crippen molar-refractivity contribution in [3.05, 3.63) is 29.8 Å². The van der Waals surface area contributed by atoms with Crippen LogP contribution in [0.25, 0.3) is 0 Å². The molecule has 0 spiro atoms. The number of nitrogens with one attached hydrogen (secondary N) is 1. The van der Waals surface area contributed by atoms with Gasteiger partial charge in [-0.2, -0.15) is 0 Å². The third-order valence-corrected chi connectivity index (χ3v) is 4.07. The van der Waals surface area contributed by atoms with E-state index in [1.807, 2.05) is 0 Å². The summed E-state index contributed by atoms with van der Waals surface area (Å²) in [5, 5.41) is 20.8. The van der Waals surface area contributed by atoms with Crippen LogP contribution in [0.5, 0.6) is 5.75 Å². The summed E-state index contributed by atoms with van der Waals surface area (Å²) >= 11 is 0. The molecule has 1 atom stereocenters. The maximum Gasteiger partial charge on any atom is 0.414 e. The van der Waals surface area contributed by atoms with Crippen molar-refractivity contribution >= 4 is 24.6 Å². The monoisotopic (exact) mass is 438 g/mol. The summed E-state index contributed by atoms with van der Waals surface area (Å²) in [6.07, 6.45) is 0.204. The lowest BCUT2D eigenvalue weighted by Crippen LogP contribution is -2.44. The summed E-state index contributed by atoms with van der Waals surface area (Å²) < 4.78 is 10.8. The van der Waals surface area contributed by atoms with Gasteiger partial charge in [-0.05, 0) is 57.7 Å². The number of carboxylic acid groups (broad SMARTS) is 2. The van der Waals surface area contributed by atoms with Crippen LogP contribution in [0, 0.1) is 0 Å². The SMILES string of the molecule is CC(C)(C)OC(=O)NCCCCCOc1ccc(C[C@H](C(=O)O)N(C=O)C(=O)O)cc1. The summed E-state index contributed by atoms with van der Waals surface area (Å²) in [7, 11) is 0. The number of imide groups is 1. The molecule has 0 saturated carbocycles. The van der Waals surface area contributed by atoms with Gasteiger partial charge in [0.05, 0.1) is 6.61 Å². The highest BCUT2D eigenvalue weighted by Crippen LogP contribution is 2.16. The molecule has 0 aliphatic carbocycles. The number of ether oxygens (including phenoxy) is 2. The number of carboxylic acids is 1. The number of alkyl carbamates (subject to hydrolysis) is 1. The summed E-state index contributed by atoms with van der Waals surface area (Å²) in [5.41, 5.74) is 0.0349. The lowest BCUT2D eigenvalue weighted by molar-refractivity contribution is -0.145. The molecule has 3 amide bonds. The van der Waals surface area contributed by atoms with Crippen LogP contribution < -0.4 is 10.1 Å². The molecule has 10 heteroatoms. The Hall–Kier alpha value is -3.30. The normalized spacial score (nSPS) is 11.8. The molecule has 3 N–H and O–H groups in total. The van der Waals surface area contributed by atoms with Gasteiger partial charge in [0.15, 0.2) is 0 Å². The molecule has 0 aliphatic rings. The number of rotatable bonds is 12. The van der Waals surface area contributed by atoms with Crippen molar-refractivity contribution in [1.29, 1.82) is 0 Å². The number of benzene rings is 1. The van der Waals surface area contributed by atoms with Crippen LogP contribution in [0.1, 0.15) is 45.6 Å². The highest BCUT2D eigenvalue weighted by molar-refractivity contribution is 5.87. The van der Waals surface area contributed by atoms with E-state index in [0.29, 0.717) is 24.5 Å². The zero-order valence-electron chi connectivity index (χ0n) is 18.0. The Bertz CT molecular complexity index is 743. The predicted molar refractivity (Wildman–Crippen MR) is 111 cm³/mol. The van der Waals surface area contributed by atoms with Crippen molar-refractivity contribution in [2.75, 3.05) is 13.2 Å². The smallest absolute Gasteiger partial charge is 0.414 e. The van der Waals surface area contributed by atoms with Crippen LogP contribution in [0.3, 0.4) is 0 Å². The zero-order valence-corrected chi connectivity index (χ0v) is 18.0. The fraction of sp³-hybridized carbons (Fsp3) is 0.524. The van der Waals surface area contributed by atoms with E-state index >= 15 is 0 Å². The van der Waals surface area contributed by atoms with E-state index in [9.17, 15) is 24.3 Å². The molecule has 0 unspecified atom stereocenters. The van der Waals surface area contributed by atoms with Crippen LogP contribution in [0.15, 0.2) is 24.3 Å². The van der Waals surface area contributed by atoms with Gasteiger partial charge in [0, 0.05) is 13.0 Å². The largest absolute Gasteiger partial charge is 0.494 e. The van der Waals surface area contributed by atoms with E-state index in [1.165, 1.54) is 0 Å². The average Bonchev–Trinajstić information content (AvgIpc) is 2.66. The van der Waals surface area contributed by atoms with Crippen molar-refractivity contribution in [3.8, 4) is 5.75 Å². The molecule has 1 rings (SSSR count). The molecule has 1 aromatic rings. The van der Waals surface area contributed by atoms with Gasteiger partial charge in [0.25, 0.3) is 0 Å². The molecule has 0 aromatic heterocycles. The molecule has 0 aliphatic heterocycles. The molecular formula is C21H30N2O8. The van der Waals surface area contributed by atoms with Crippen molar-refractivity contribution in [1.82, 2.24) is 10.2 Å². The number of aliphatic carboxylic acids is 1. The van der Waals surface area contributed by atoms with Gasteiger partial charge in [-0.1, -0.05) is 12.1 Å². The zero-order chi connectivity index (χ0) is 23.4. The number of unbranched alkanes of at least 4 members (excludes halogenated alkanes) is 2. The molecule has 0 saturated heterocycles. The molecule has 31 heavy (non-hydrogen) atoms. The minimum absolute atomic E-state index is 0.0123. The van der Waals surface area contributed by atoms with Crippen molar-refractivity contribution < 1.29 is 38.9 Å². The van der Waals surface area contributed by atoms with Gasteiger partial charge in [-0.25, -0.2) is 19.3 Å². The Labute approximate surface area is 181 Å². The summed E-state index contributed by atoms with van der Waals surface area (Å²) in [6, 6.07) is 5.06. The topological polar surface area (TPSA) is 142 Å². The van der Waals surface area contributed by atoms with Crippen LogP contribution in [-0.4, -0.2) is 64.5 Å². The lowest BCUT2D eigenvalue weighted by Gasteiger charge is -2.20. The Kier molecular flexibility index (Phi) is 10.3. The van der Waals surface area contributed by atoms with E-state index in [4.69, 9.17) is 14.6 Å². The van der Waals surface area contributed by atoms with E-state index in [2.05, 4.69) is 5.32 Å². The van der Waals surface area contributed by atoms with Gasteiger partial charge in [0.2, 0.25) is 6.41 Å². The third-order valence-electron chi connectivity index (χ3n) is 4.07. The first kappa shape index (κ1) is 25.7. The minimum Gasteiger partial charge on any atom is -0.494 e. The summed E-state index contributed by atoms with van der Waals surface area (Å²) in [5.74, 6) is -0.816. The van der Waals surface area contributed by atoms with E-state index in [1.54, 1.807) is 45.0 Å². The summed E-state index contributed by atoms with van der Waals surface area (Å²) in [6.45, 7) is 6.40. The van der Waals surface area contributed by atoms with Crippen molar-refractivity contribution in [2.24, 2.45) is 0 Å². The van der Waals surface area contributed by atoms with E-state index < -0.39 is 29.8 Å². The fourth-order valence-corrected chi connectivity index (χ4v) is 2.60. The maximum absolute atomic E-state index is 11.5. The van der Waals surface area contributed by atoms with Crippen LogP contribution in [-0.2, 0) is 20.7 Å². The molecule has 0 heterocycles. The number of nitrogens with zero attached hydrogens (tertiary/aromatic N) is 1. The Balaban J connectivity index is 2.35. The van der Waals surface area contributed by atoms with Gasteiger partial charge >= 0.3 is 18.2 Å². The van der Waals surface area contributed by atoms with E-state index in [-0.39, 0.29) is 17.7 Å². The van der Waals surface area contributed by atoms with Gasteiger partial charge in [-0.3, -0.25) is 4.79 Å². The number of carbonyl (C=O) groups is 4. The molecule has 0 radical (unpaired) electrons. The number of hydrogen-bond donors (Lipinski definition) is 3. The Morgan fingerprint density at radius 2 is 1.74 bits per heavy atom. The molecule has 0 fully saturated rings. The summed E-state index contributed by atoms with van der Waals surface area (Å²) in [4.78, 5) is 44.9. The minimum atomic E-state index is -1.62. The quantitative estimate of drug-likeness (QED) is 0.334. The predicted octanol–water partition coefficient (Wildman–Crippen LogP) is 2.89. The first-order valence-corrected chi connectivity index (χ1v) is 9.91. The Morgan fingerprint density at radius 1 is 1.10 bits per heavy atom. The van der Waals surface area contributed by atoms with E-state index in [0.717, 1.165) is 19.3 Å². The van der Waals surface area contributed by atoms with Gasteiger partial charge in [-0.15, -0.1) is 0 Å². The number of hydrogen-bond acceptors (Lipinski definition) is 6. The van der Waals surface area contributed by atoms with Gasteiger partial charge < -0.3 is 25.0 Å². The van der Waals surface area contributed by atoms with Crippen LogP contribution >= 0.6 is 0 Å². The van der Waals surface area contributed by atoms with Crippen molar-refractivity contribution in [3.63, 3.8) is 0 Å². The molecule has 172 valence electrons. The Morgan fingerprint density at radius 3 is 2.26 bits per heavy atom. The number of carbonyl (C=O) groups excluding carboxylic acids is 2. The molecule has 10 nitrogen and oxygen atoms in total. The molecule has 0 bridgehead atoms. The van der Waals surface area contributed by atoms with Crippen molar-refractivity contribution in [2.45, 2.75) is 58.1 Å². The highest BCUT2D eigenvalue weighted by Gasteiger charge is 2.29. The second-order valence-electron chi connectivity index (χ2n) is 7.84. The lowest BCUT2D eigenvalue weighted by atomic mass is 10.1. The second kappa shape index (κ2) is 12.4. The third kappa shape index (κ3) is 10.3. The maximum atomic E-state index is 11.5.